The van der Waals surface area contributed by atoms with Crippen LogP contribution in [0.15, 0.2) is 47.5 Å². The van der Waals surface area contributed by atoms with E-state index < -0.39 is 18.8 Å². The Morgan fingerprint density at radius 2 is 1.84 bits per heavy atom. The maximum atomic E-state index is 13.3. The van der Waals surface area contributed by atoms with E-state index >= 15 is 0 Å². The van der Waals surface area contributed by atoms with Crippen LogP contribution in [0.25, 0.3) is 0 Å². The second kappa shape index (κ2) is 7.84. The van der Waals surface area contributed by atoms with Gasteiger partial charge in [0.15, 0.2) is 5.96 Å². The van der Waals surface area contributed by atoms with Crippen molar-refractivity contribution in [2.45, 2.75) is 19.5 Å². The number of aliphatic hydroxyl groups excluding tert-OH is 1. The summed E-state index contributed by atoms with van der Waals surface area (Å²) >= 11 is 0. The van der Waals surface area contributed by atoms with Gasteiger partial charge in [-0.1, -0.05) is 6.07 Å². The highest BCUT2D eigenvalue weighted by Gasteiger charge is 2.30. The van der Waals surface area contributed by atoms with Crippen LogP contribution >= 0.6 is 0 Å². The first-order valence-electron chi connectivity index (χ1n) is 7.08. The summed E-state index contributed by atoms with van der Waals surface area (Å²) in [6.07, 6.45) is -4.75. The summed E-state index contributed by atoms with van der Waals surface area (Å²) in [4.78, 5) is 4.04. The van der Waals surface area contributed by atoms with Gasteiger partial charge >= 0.3 is 6.36 Å². The summed E-state index contributed by atoms with van der Waals surface area (Å²) in [5.41, 5.74) is 6.92. The van der Waals surface area contributed by atoms with Crippen molar-refractivity contribution in [1.82, 2.24) is 0 Å². The first kappa shape index (κ1) is 18.5. The van der Waals surface area contributed by atoms with Crippen molar-refractivity contribution >= 4 is 11.6 Å². The molecule has 25 heavy (non-hydrogen) atoms. The number of aliphatic hydroxyl groups is 1. The predicted molar refractivity (Wildman–Crippen MR) is 84.4 cm³/mol. The standard InChI is InChI=1S/C16H15F4N3O2/c17-14-6-1-10(7-11(14)9-24)8-22-15(21)23-12-2-4-13(5-3-12)25-16(18,19)20/h1-7,24H,8-9H2,(H3,21,22,23). The number of halogens is 4. The van der Waals surface area contributed by atoms with Crippen molar-refractivity contribution in [3.05, 3.63) is 59.4 Å². The molecule has 4 N–H and O–H groups in total. The Kier molecular flexibility index (Phi) is 5.81. The minimum Gasteiger partial charge on any atom is -0.406 e. The fourth-order valence-corrected chi connectivity index (χ4v) is 1.95. The number of alkyl halides is 3. The minimum atomic E-state index is -4.75. The van der Waals surface area contributed by atoms with Crippen LogP contribution in [0.3, 0.4) is 0 Å². The Balaban J connectivity index is 1.97. The van der Waals surface area contributed by atoms with Crippen LogP contribution in [0.2, 0.25) is 0 Å². The molecule has 2 aromatic carbocycles. The van der Waals surface area contributed by atoms with Gasteiger partial charge in [-0.25, -0.2) is 9.38 Å². The molecule has 2 rings (SSSR count). The van der Waals surface area contributed by atoms with Gasteiger partial charge in [0.05, 0.1) is 13.2 Å². The molecule has 0 fully saturated rings. The summed E-state index contributed by atoms with van der Waals surface area (Å²) < 4.78 is 53.3. The van der Waals surface area contributed by atoms with E-state index in [4.69, 9.17) is 10.8 Å². The number of ether oxygens (including phenoxy) is 1. The number of hydrogen-bond donors (Lipinski definition) is 3. The molecule has 0 saturated heterocycles. The molecule has 0 heterocycles. The van der Waals surface area contributed by atoms with Crippen LogP contribution in [-0.4, -0.2) is 17.4 Å². The Labute approximate surface area is 140 Å². The van der Waals surface area contributed by atoms with Crippen LogP contribution in [0.4, 0.5) is 23.2 Å². The molecular weight excluding hydrogens is 342 g/mol. The van der Waals surface area contributed by atoms with E-state index in [0.29, 0.717) is 11.3 Å². The number of hydrogen-bond acceptors (Lipinski definition) is 3. The molecule has 0 amide bonds. The number of aliphatic imine (C=N–C) groups is 1. The Bertz CT molecular complexity index is 746. The molecule has 5 nitrogen and oxygen atoms in total. The predicted octanol–water partition coefficient (Wildman–Crippen LogP) is 3.14. The molecule has 0 atom stereocenters. The van der Waals surface area contributed by atoms with Crippen LogP contribution in [0, 0.1) is 5.82 Å². The van der Waals surface area contributed by atoms with E-state index in [1.807, 2.05) is 0 Å². The number of nitrogens with zero attached hydrogens (tertiary/aromatic N) is 1. The highest BCUT2D eigenvalue weighted by Crippen LogP contribution is 2.23. The molecule has 0 aliphatic heterocycles. The third-order valence-corrected chi connectivity index (χ3v) is 3.07. The lowest BCUT2D eigenvalue weighted by molar-refractivity contribution is -0.274. The van der Waals surface area contributed by atoms with Gasteiger partial charge in [0, 0.05) is 11.3 Å². The van der Waals surface area contributed by atoms with Crippen molar-refractivity contribution in [2.24, 2.45) is 10.7 Å². The molecule has 0 spiro atoms. The van der Waals surface area contributed by atoms with Gasteiger partial charge in [-0.05, 0) is 42.0 Å². The minimum absolute atomic E-state index is 0.0272. The number of nitrogens with one attached hydrogen (secondary N) is 1. The maximum Gasteiger partial charge on any atom is 0.573 e. The molecule has 9 heteroatoms. The lowest BCUT2D eigenvalue weighted by Gasteiger charge is -2.10. The van der Waals surface area contributed by atoms with E-state index in [2.05, 4.69) is 15.0 Å². The van der Waals surface area contributed by atoms with E-state index in [0.717, 1.165) is 12.1 Å². The number of nitrogens with two attached hydrogens (primary N) is 1. The van der Waals surface area contributed by atoms with Crippen LogP contribution in [-0.2, 0) is 13.2 Å². The fraction of sp³-hybridized carbons (Fsp3) is 0.188. The zero-order chi connectivity index (χ0) is 18.4. The molecule has 0 bridgehead atoms. The monoisotopic (exact) mass is 357 g/mol. The molecular formula is C16H15F4N3O2. The van der Waals surface area contributed by atoms with Crippen molar-refractivity contribution in [3.8, 4) is 5.75 Å². The van der Waals surface area contributed by atoms with Gasteiger partial charge in [0.2, 0.25) is 0 Å². The highest BCUT2D eigenvalue weighted by atomic mass is 19.4. The Morgan fingerprint density at radius 1 is 1.16 bits per heavy atom. The molecule has 0 unspecified atom stereocenters. The van der Waals surface area contributed by atoms with E-state index in [-0.39, 0.29) is 23.8 Å². The van der Waals surface area contributed by atoms with Crippen molar-refractivity contribution < 1.29 is 27.4 Å². The van der Waals surface area contributed by atoms with Crippen LogP contribution < -0.4 is 15.8 Å². The first-order chi connectivity index (χ1) is 11.8. The third kappa shape index (κ3) is 5.96. The SMILES string of the molecule is NC(=NCc1ccc(F)c(CO)c1)Nc1ccc(OC(F)(F)F)cc1. The topological polar surface area (TPSA) is 79.9 Å². The van der Waals surface area contributed by atoms with Crippen molar-refractivity contribution in [3.63, 3.8) is 0 Å². The lowest BCUT2D eigenvalue weighted by Crippen LogP contribution is -2.22. The smallest absolute Gasteiger partial charge is 0.406 e. The zero-order valence-electron chi connectivity index (χ0n) is 12.8. The Hall–Kier alpha value is -2.81. The second-order valence-electron chi connectivity index (χ2n) is 4.98. The normalized spacial score (nSPS) is 12.1. The number of rotatable bonds is 5. The number of anilines is 1. The summed E-state index contributed by atoms with van der Waals surface area (Å²) in [6, 6.07) is 9.17. The van der Waals surface area contributed by atoms with E-state index in [9.17, 15) is 17.6 Å². The maximum absolute atomic E-state index is 13.3. The van der Waals surface area contributed by atoms with Crippen molar-refractivity contribution in [1.29, 1.82) is 0 Å². The summed E-state index contributed by atoms with van der Waals surface area (Å²) in [5.74, 6) is -0.835. The molecule has 0 aliphatic carbocycles. The molecule has 0 radical (unpaired) electrons. The molecule has 0 saturated carbocycles. The van der Waals surface area contributed by atoms with E-state index in [1.54, 1.807) is 0 Å². The van der Waals surface area contributed by atoms with Crippen LogP contribution in [0.5, 0.6) is 5.75 Å². The number of benzene rings is 2. The fourth-order valence-electron chi connectivity index (χ4n) is 1.95. The summed E-state index contributed by atoms with van der Waals surface area (Å²) in [6.45, 7) is -0.287. The highest BCUT2D eigenvalue weighted by molar-refractivity contribution is 5.92. The first-order valence-corrected chi connectivity index (χ1v) is 7.08. The average molecular weight is 357 g/mol. The molecule has 0 aliphatic rings. The van der Waals surface area contributed by atoms with Gasteiger partial charge in [-0.15, -0.1) is 13.2 Å². The van der Waals surface area contributed by atoms with E-state index in [1.165, 1.54) is 30.3 Å². The largest absolute Gasteiger partial charge is 0.573 e. The lowest BCUT2D eigenvalue weighted by atomic mass is 10.1. The van der Waals surface area contributed by atoms with Crippen LogP contribution in [0.1, 0.15) is 11.1 Å². The van der Waals surface area contributed by atoms with Gasteiger partial charge in [-0.2, -0.15) is 0 Å². The average Bonchev–Trinajstić information content (AvgIpc) is 2.54. The van der Waals surface area contributed by atoms with Gasteiger partial charge in [0.1, 0.15) is 11.6 Å². The molecule has 2 aromatic rings. The second-order valence-corrected chi connectivity index (χ2v) is 4.98. The van der Waals surface area contributed by atoms with Gasteiger partial charge < -0.3 is 20.9 Å². The molecule has 134 valence electrons. The van der Waals surface area contributed by atoms with Gasteiger partial charge in [0.25, 0.3) is 0 Å². The summed E-state index contributed by atoms with van der Waals surface area (Å²) in [5, 5.41) is 11.7. The summed E-state index contributed by atoms with van der Waals surface area (Å²) in [7, 11) is 0. The van der Waals surface area contributed by atoms with Crippen molar-refractivity contribution in [2.75, 3.05) is 5.32 Å². The molecule has 0 aromatic heterocycles. The van der Waals surface area contributed by atoms with Gasteiger partial charge in [-0.3, -0.25) is 0 Å². The number of guanidine groups is 1. The zero-order valence-corrected chi connectivity index (χ0v) is 12.8. The third-order valence-electron chi connectivity index (χ3n) is 3.07. The Morgan fingerprint density at radius 3 is 2.44 bits per heavy atom. The quantitative estimate of drug-likeness (QED) is 0.436.